The number of amides is 2. The third-order valence-corrected chi connectivity index (χ3v) is 7.90. The molecular weight excluding hydrogens is 530 g/mol. The Morgan fingerprint density at radius 3 is 2.48 bits per heavy atom. The second-order valence-electron chi connectivity index (χ2n) is 11.1. The van der Waals surface area contributed by atoms with Crippen molar-refractivity contribution in [2.45, 2.75) is 46.4 Å². The molecule has 2 N–H and O–H groups in total. The molecule has 212 valence electrons. The average Bonchev–Trinajstić information content (AvgIpc) is 3.46. The quantitative estimate of drug-likeness (QED) is 0.309. The molecule has 0 spiro atoms. The Kier molecular flexibility index (Phi) is 6.79. The van der Waals surface area contributed by atoms with Crippen molar-refractivity contribution in [2.24, 2.45) is 5.73 Å². The zero-order valence-corrected chi connectivity index (χ0v) is 24.0. The number of benzene rings is 3. The Bertz CT molecular complexity index is 1900. The summed E-state index contributed by atoms with van der Waals surface area (Å²) in [6.45, 7) is 9.06. The molecule has 9 nitrogen and oxygen atoms in total. The molecule has 1 aliphatic rings. The lowest BCUT2D eigenvalue weighted by molar-refractivity contribution is -0.0586. The summed E-state index contributed by atoms with van der Waals surface area (Å²) in [4.78, 5) is 28.5. The number of nitrogens with zero attached hydrogens (tertiary/aromatic N) is 4. The second-order valence-corrected chi connectivity index (χ2v) is 11.1. The Morgan fingerprint density at radius 1 is 1.05 bits per heavy atom. The first-order valence-electron chi connectivity index (χ1n) is 13.9. The number of carbonyl (C=O) groups is 2. The normalized spacial score (nSPS) is 17.1. The first-order chi connectivity index (χ1) is 20.1. The third kappa shape index (κ3) is 4.70. The number of rotatable bonds is 5. The predicted octanol–water partition coefficient (Wildman–Crippen LogP) is 5.33. The maximum atomic E-state index is 13.7. The van der Waals surface area contributed by atoms with Crippen LogP contribution in [0.25, 0.3) is 32.9 Å². The smallest absolute Gasteiger partial charge is 0.254 e. The van der Waals surface area contributed by atoms with Crippen LogP contribution in [0.1, 0.15) is 57.1 Å². The van der Waals surface area contributed by atoms with Gasteiger partial charge in [0.05, 0.1) is 35.1 Å². The van der Waals surface area contributed by atoms with Crippen molar-refractivity contribution in [3.63, 3.8) is 0 Å². The van der Waals surface area contributed by atoms with Gasteiger partial charge in [0.1, 0.15) is 5.76 Å². The molecule has 0 unspecified atom stereocenters. The van der Waals surface area contributed by atoms with Crippen LogP contribution < -0.4 is 5.73 Å². The molecule has 1 saturated heterocycles. The van der Waals surface area contributed by atoms with E-state index in [-0.39, 0.29) is 18.1 Å². The van der Waals surface area contributed by atoms with Crippen LogP contribution in [-0.4, -0.2) is 51.7 Å². The predicted molar refractivity (Wildman–Crippen MR) is 159 cm³/mol. The Labute approximate surface area is 243 Å². The highest BCUT2D eigenvalue weighted by Crippen LogP contribution is 2.38. The average molecular weight is 562 g/mol. The second kappa shape index (κ2) is 10.5. The van der Waals surface area contributed by atoms with Crippen LogP contribution in [0, 0.1) is 25.2 Å². The van der Waals surface area contributed by atoms with Gasteiger partial charge in [-0.05, 0) is 81.3 Å². The van der Waals surface area contributed by atoms with Gasteiger partial charge in [-0.3, -0.25) is 9.59 Å². The number of hydrogen-bond donors (Lipinski definition) is 1. The topological polar surface area (TPSA) is 127 Å². The van der Waals surface area contributed by atoms with Crippen molar-refractivity contribution in [2.75, 3.05) is 13.1 Å². The van der Waals surface area contributed by atoms with Crippen LogP contribution >= 0.6 is 0 Å². The molecule has 2 amide bonds. The molecule has 0 aliphatic carbocycles. The van der Waals surface area contributed by atoms with Gasteiger partial charge in [-0.25, -0.2) is 0 Å². The van der Waals surface area contributed by atoms with E-state index in [0.717, 1.165) is 33.1 Å². The van der Waals surface area contributed by atoms with Crippen LogP contribution in [0.15, 0.2) is 59.1 Å². The number of aryl methyl sites for hydroxylation is 2. The summed E-state index contributed by atoms with van der Waals surface area (Å²) in [7, 11) is 0. The van der Waals surface area contributed by atoms with Gasteiger partial charge in [0.25, 0.3) is 5.91 Å². The Hall–Kier alpha value is -4.94. The maximum Gasteiger partial charge on any atom is 0.254 e. The monoisotopic (exact) mass is 561 g/mol. The summed E-state index contributed by atoms with van der Waals surface area (Å²) in [6, 6.07) is 19.0. The summed E-state index contributed by atoms with van der Waals surface area (Å²) in [5.74, 6) is -0.0327. The van der Waals surface area contributed by atoms with Crippen molar-refractivity contribution >= 4 is 33.6 Å². The number of morpholine rings is 1. The summed E-state index contributed by atoms with van der Waals surface area (Å²) in [5.41, 5.74) is 12.2. The third-order valence-electron chi connectivity index (χ3n) is 7.90. The van der Waals surface area contributed by atoms with E-state index in [4.69, 9.17) is 15.0 Å². The number of carbonyl (C=O) groups excluding carboxylic acids is 2. The summed E-state index contributed by atoms with van der Waals surface area (Å²) < 4.78 is 13.4. The minimum absolute atomic E-state index is 0.0586. The molecule has 1 aliphatic heterocycles. The van der Waals surface area contributed by atoms with Crippen molar-refractivity contribution < 1.29 is 18.8 Å². The largest absolute Gasteiger partial charge is 0.372 e. The molecule has 3 heterocycles. The lowest BCUT2D eigenvalue weighted by atomic mass is 9.97. The molecule has 2 atom stereocenters. The van der Waals surface area contributed by atoms with Gasteiger partial charge in [-0.2, -0.15) is 5.26 Å². The van der Waals surface area contributed by atoms with Gasteiger partial charge in [0.2, 0.25) is 5.91 Å². The SMILES string of the molecule is Cc1noc(C)c1-c1cc(C(N)=O)c2c3cc(C(=O)N4C[C@@H](C)O[C@@H](C)C4)ccc3n(Cc3cccc(C#N)c3)c2c1. The van der Waals surface area contributed by atoms with Crippen LogP contribution in [-0.2, 0) is 11.3 Å². The van der Waals surface area contributed by atoms with Crippen LogP contribution in [0.3, 0.4) is 0 Å². The van der Waals surface area contributed by atoms with Crippen molar-refractivity contribution in [3.8, 4) is 17.2 Å². The zero-order chi connectivity index (χ0) is 29.7. The summed E-state index contributed by atoms with van der Waals surface area (Å²) >= 11 is 0. The lowest BCUT2D eigenvalue weighted by Crippen LogP contribution is -2.48. The molecule has 5 aromatic rings. The number of primary amides is 1. The Balaban J connectivity index is 1.60. The van der Waals surface area contributed by atoms with E-state index >= 15 is 0 Å². The van der Waals surface area contributed by atoms with Gasteiger partial charge in [0, 0.05) is 52.6 Å². The van der Waals surface area contributed by atoms with E-state index in [1.807, 2.05) is 75.1 Å². The van der Waals surface area contributed by atoms with Gasteiger partial charge in [0.15, 0.2) is 0 Å². The van der Waals surface area contributed by atoms with Crippen LogP contribution in [0.2, 0.25) is 0 Å². The molecule has 0 radical (unpaired) electrons. The molecule has 3 aromatic carbocycles. The van der Waals surface area contributed by atoms with Gasteiger partial charge in [-0.1, -0.05) is 17.3 Å². The minimum Gasteiger partial charge on any atom is -0.372 e. The number of fused-ring (bicyclic) bond motifs is 3. The number of ether oxygens (including phenoxy) is 1. The standard InChI is InChI=1S/C33H31N5O4/c1-18-15-37(16-19(2)41-18)33(40)24-8-9-28-26(11-24)31-27(32(35)39)12-25(30-20(3)36-42-21(30)4)13-29(31)38(28)17-23-7-5-6-22(10-23)14-34/h5-13,18-19H,15-17H2,1-4H3,(H2,35,39)/t18-,19+. The first-order valence-corrected chi connectivity index (χ1v) is 13.9. The lowest BCUT2D eigenvalue weighted by Gasteiger charge is -2.35. The number of nitriles is 1. The van der Waals surface area contributed by atoms with E-state index < -0.39 is 5.91 Å². The molecule has 0 bridgehead atoms. The fraction of sp³-hybridized carbons (Fsp3) is 0.273. The van der Waals surface area contributed by atoms with Crippen molar-refractivity contribution in [1.82, 2.24) is 14.6 Å². The van der Waals surface area contributed by atoms with Gasteiger partial charge in [-0.15, -0.1) is 0 Å². The van der Waals surface area contributed by atoms with Gasteiger partial charge >= 0.3 is 0 Å². The molecule has 6 rings (SSSR count). The highest BCUT2D eigenvalue weighted by molar-refractivity contribution is 6.20. The molecule has 42 heavy (non-hydrogen) atoms. The molecular formula is C33H31N5O4. The minimum atomic E-state index is -0.577. The molecule has 9 heteroatoms. The van der Waals surface area contributed by atoms with E-state index in [0.29, 0.717) is 53.2 Å². The maximum absolute atomic E-state index is 13.7. The van der Waals surface area contributed by atoms with Crippen LogP contribution in [0.4, 0.5) is 0 Å². The highest BCUT2D eigenvalue weighted by Gasteiger charge is 2.28. The fourth-order valence-electron chi connectivity index (χ4n) is 6.21. The molecule has 0 saturated carbocycles. The molecule has 2 aromatic heterocycles. The summed E-state index contributed by atoms with van der Waals surface area (Å²) in [6.07, 6.45) is -0.117. The van der Waals surface area contributed by atoms with E-state index in [2.05, 4.69) is 15.8 Å². The fourth-order valence-corrected chi connectivity index (χ4v) is 6.21. The highest BCUT2D eigenvalue weighted by atomic mass is 16.5. The number of aromatic nitrogens is 2. The first kappa shape index (κ1) is 27.2. The van der Waals surface area contributed by atoms with Crippen molar-refractivity contribution in [1.29, 1.82) is 5.26 Å². The van der Waals surface area contributed by atoms with E-state index in [9.17, 15) is 14.9 Å². The Morgan fingerprint density at radius 2 is 1.81 bits per heavy atom. The number of hydrogen-bond acceptors (Lipinski definition) is 6. The van der Waals surface area contributed by atoms with E-state index in [1.165, 1.54) is 0 Å². The van der Waals surface area contributed by atoms with Crippen molar-refractivity contribution in [3.05, 3.63) is 88.3 Å². The van der Waals surface area contributed by atoms with Gasteiger partial charge < -0.3 is 24.5 Å². The zero-order valence-electron chi connectivity index (χ0n) is 24.0. The summed E-state index contributed by atoms with van der Waals surface area (Å²) in [5, 5.41) is 15.0. The number of nitrogens with two attached hydrogens (primary N) is 1. The molecule has 1 fully saturated rings. The van der Waals surface area contributed by atoms with Crippen LogP contribution in [0.5, 0.6) is 0 Å². The van der Waals surface area contributed by atoms with E-state index in [1.54, 1.807) is 12.1 Å².